The van der Waals surface area contributed by atoms with Crippen molar-refractivity contribution in [1.82, 2.24) is 25.1 Å². The summed E-state index contributed by atoms with van der Waals surface area (Å²) in [6.45, 7) is 2.21. The molecule has 2 aromatic rings. The molecule has 74 valence electrons. The maximum absolute atomic E-state index is 5.58. The highest BCUT2D eigenvalue weighted by molar-refractivity contribution is 4.91. The number of rotatable bonds is 3. The summed E-state index contributed by atoms with van der Waals surface area (Å²) in [6, 6.07) is -0.219. The van der Waals surface area contributed by atoms with E-state index in [1.807, 2.05) is 0 Å². The van der Waals surface area contributed by atoms with Gasteiger partial charge in [-0.25, -0.2) is 4.68 Å². The molecule has 2 N–H and O–H groups in total. The van der Waals surface area contributed by atoms with Gasteiger partial charge in [0.2, 0.25) is 5.89 Å². The van der Waals surface area contributed by atoms with Crippen molar-refractivity contribution < 1.29 is 4.52 Å². The molecule has 2 aromatic heterocycles. The van der Waals surface area contributed by atoms with Crippen molar-refractivity contribution in [1.29, 1.82) is 0 Å². The Labute approximate surface area is 79.9 Å². The molecule has 0 radical (unpaired) electrons. The molecular weight excluding hydrogens is 184 g/mol. The highest BCUT2D eigenvalue weighted by atomic mass is 16.5. The normalized spacial score (nSPS) is 13.0. The van der Waals surface area contributed by atoms with Gasteiger partial charge in [-0.2, -0.15) is 4.98 Å². The summed E-state index contributed by atoms with van der Waals surface area (Å²) in [7, 11) is 0. The third-order valence-electron chi connectivity index (χ3n) is 1.66. The van der Waals surface area contributed by atoms with E-state index >= 15 is 0 Å². The topological polar surface area (TPSA) is 95.7 Å². The first-order valence-corrected chi connectivity index (χ1v) is 4.18. The van der Waals surface area contributed by atoms with Crippen molar-refractivity contribution >= 4 is 0 Å². The van der Waals surface area contributed by atoms with Gasteiger partial charge >= 0.3 is 0 Å². The van der Waals surface area contributed by atoms with E-state index in [1.54, 1.807) is 24.0 Å². The van der Waals surface area contributed by atoms with Crippen LogP contribution < -0.4 is 5.73 Å². The summed E-state index contributed by atoms with van der Waals surface area (Å²) in [5.41, 5.74) is 5.58. The number of hydrogen-bond donors (Lipinski definition) is 1. The summed E-state index contributed by atoms with van der Waals surface area (Å²) in [5, 5.41) is 11.2. The molecule has 0 spiro atoms. The van der Waals surface area contributed by atoms with Crippen LogP contribution in [0.2, 0.25) is 0 Å². The van der Waals surface area contributed by atoms with E-state index in [4.69, 9.17) is 10.3 Å². The average molecular weight is 194 g/mol. The zero-order chi connectivity index (χ0) is 9.97. The van der Waals surface area contributed by atoms with Gasteiger partial charge < -0.3 is 10.3 Å². The molecule has 0 saturated heterocycles. The molecular formula is C7H10N6O. The first kappa shape index (κ1) is 8.82. The quantitative estimate of drug-likeness (QED) is 0.722. The highest BCUT2D eigenvalue weighted by Gasteiger charge is 2.09. The Bertz CT molecular complexity index is 392. The van der Waals surface area contributed by atoms with E-state index < -0.39 is 0 Å². The second-order valence-electron chi connectivity index (χ2n) is 2.94. The molecule has 2 heterocycles. The molecule has 0 bridgehead atoms. The summed E-state index contributed by atoms with van der Waals surface area (Å²) in [6.07, 6.45) is 3.30. The molecule has 0 amide bonds. The van der Waals surface area contributed by atoms with Crippen molar-refractivity contribution in [2.75, 3.05) is 0 Å². The van der Waals surface area contributed by atoms with Crippen LogP contribution in [0.25, 0.3) is 0 Å². The second-order valence-corrected chi connectivity index (χ2v) is 2.94. The lowest BCUT2D eigenvalue weighted by Crippen LogP contribution is -2.07. The van der Waals surface area contributed by atoms with Gasteiger partial charge in [0.25, 0.3) is 0 Å². The Morgan fingerprint density at radius 3 is 3.07 bits per heavy atom. The molecule has 0 fully saturated rings. The smallest absolute Gasteiger partial charge is 0.248 e. The molecule has 0 saturated carbocycles. The van der Waals surface area contributed by atoms with Gasteiger partial charge in [-0.3, -0.25) is 0 Å². The maximum Gasteiger partial charge on any atom is 0.248 e. The van der Waals surface area contributed by atoms with E-state index in [0.717, 1.165) is 0 Å². The van der Waals surface area contributed by atoms with Gasteiger partial charge in [0.05, 0.1) is 12.2 Å². The standard InChI is InChI=1S/C7H10N6O/c1-5(8)7-10-6(14-11-7)4-13-3-2-9-12-13/h2-3,5H,4,8H2,1H3. The van der Waals surface area contributed by atoms with Gasteiger partial charge in [0.1, 0.15) is 6.54 Å². The fraction of sp³-hybridized carbons (Fsp3) is 0.429. The Kier molecular flexibility index (Phi) is 2.23. The lowest BCUT2D eigenvalue weighted by atomic mass is 10.3. The summed E-state index contributed by atoms with van der Waals surface area (Å²) in [4.78, 5) is 4.09. The lowest BCUT2D eigenvalue weighted by Gasteiger charge is -1.93. The molecule has 0 aliphatic rings. The molecule has 1 atom stereocenters. The third kappa shape index (κ3) is 1.77. The van der Waals surface area contributed by atoms with Crippen LogP contribution in [0.3, 0.4) is 0 Å². The Balaban J connectivity index is 2.11. The number of nitrogens with zero attached hydrogens (tertiary/aromatic N) is 5. The van der Waals surface area contributed by atoms with Gasteiger partial charge in [0, 0.05) is 6.20 Å². The summed E-state index contributed by atoms with van der Waals surface area (Å²) in [5.74, 6) is 0.975. The van der Waals surface area contributed by atoms with Gasteiger partial charge in [-0.15, -0.1) is 5.10 Å². The average Bonchev–Trinajstić information content (AvgIpc) is 2.75. The van der Waals surface area contributed by atoms with E-state index in [-0.39, 0.29) is 6.04 Å². The second kappa shape index (κ2) is 3.54. The molecule has 2 rings (SSSR count). The highest BCUT2D eigenvalue weighted by Crippen LogP contribution is 2.05. The molecule has 7 nitrogen and oxygen atoms in total. The fourth-order valence-corrected chi connectivity index (χ4v) is 0.973. The fourth-order valence-electron chi connectivity index (χ4n) is 0.973. The van der Waals surface area contributed by atoms with Crippen LogP contribution >= 0.6 is 0 Å². The monoisotopic (exact) mass is 194 g/mol. The minimum absolute atomic E-state index is 0.219. The first-order chi connectivity index (χ1) is 6.75. The summed E-state index contributed by atoms with van der Waals surface area (Å²) >= 11 is 0. The number of nitrogens with two attached hydrogens (primary N) is 1. The molecule has 0 aliphatic heterocycles. The molecule has 7 heteroatoms. The molecule has 14 heavy (non-hydrogen) atoms. The predicted molar refractivity (Wildman–Crippen MR) is 46.0 cm³/mol. The van der Waals surface area contributed by atoms with E-state index in [9.17, 15) is 0 Å². The Hall–Kier alpha value is -1.76. The van der Waals surface area contributed by atoms with Crippen molar-refractivity contribution in [3.63, 3.8) is 0 Å². The molecule has 0 aliphatic carbocycles. The first-order valence-electron chi connectivity index (χ1n) is 4.18. The van der Waals surface area contributed by atoms with E-state index in [1.165, 1.54) is 0 Å². The SMILES string of the molecule is CC(N)c1noc(Cn2ccnn2)n1. The maximum atomic E-state index is 5.58. The van der Waals surface area contributed by atoms with Crippen LogP contribution in [-0.4, -0.2) is 25.1 Å². The van der Waals surface area contributed by atoms with E-state index in [2.05, 4.69) is 20.5 Å². The largest absolute Gasteiger partial charge is 0.337 e. The third-order valence-corrected chi connectivity index (χ3v) is 1.66. The van der Waals surface area contributed by atoms with Gasteiger partial charge in [-0.1, -0.05) is 10.4 Å². The van der Waals surface area contributed by atoms with Crippen molar-refractivity contribution in [3.8, 4) is 0 Å². The predicted octanol–water partition coefficient (Wildman–Crippen LogP) is -0.271. The minimum atomic E-state index is -0.219. The number of aromatic nitrogens is 5. The van der Waals surface area contributed by atoms with Gasteiger partial charge in [0.15, 0.2) is 5.82 Å². The van der Waals surface area contributed by atoms with Crippen LogP contribution in [0.4, 0.5) is 0 Å². The molecule has 0 aromatic carbocycles. The summed E-state index contributed by atoms with van der Waals surface area (Å²) < 4.78 is 6.57. The van der Waals surface area contributed by atoms with Crippen LogP contribution in [0.15, 0.2) is 16.9 Å². The number of hydrogen-bond acceptors (Lipinski definition) is 6. The minimum Gasteiger partial charge on any atom is -0.337 e. The van der Waals surface area contributed by atoms with E-state index in [0.29, 0.717) is 18.3 Å². The zero-order valence-electron chi connectivity index (χ0n) is 7.66. The van der Waals surface area contributed by atoms with Crippen LogP contribution in [0, 0.1) is 0 Å². The Morgan fingerprint density at radius 2 is 2.50 bits per heavy atom. The lowest BCUT2D eigenvalue weighted by molar-refractivity contribution is 0.358. The van der Waals surface area contributed by atoms with Crippen molar-refractivity contribution in [3.05, 3.63) is 24.1 Å². The molecule has 1 unspecified atom stereocenters. The van der Waals surface area contributed by atoms with Gasteiger partial charge in [-0.05, 0) is 6.92 Å². The van der Waals surface area contributed by atoms with Crippen LogP contribution in [-0.2, 0) is 6.54 Å². The van der Waals surface area contributed by atoms with Crippen molar-refractivity contribution in [2.24, 2.45) is 5.73 Å². The zero-order valence-corrected chi connectivity index (χ0v) is 7.66. The van der Waals surface area contributed by atoms with Crippen LogP contribution in [0.5, 0.6) is 0 Å². The Morgan fingerprint density at radius 1 is 1.64 bits per heavy atom. The van der Waals surface area contributed by atoms with Crippen molar-refractivity contribution in [2.45, 2.75) is 19.5 Å². The van der Waals surface area contributed by atoms with Crippen LogP contribution in [0.1, 0.15) is 24.7 Å².